The maximum atomic E-state index is 12.0. The number of sulfonamides is 1. The molecule has 0 saturated carbocycles. The van der Waals surface area contributed by atoms with E-state index >= 15 is 0 Å². The van der Waals surface area contributed by atoms with E-state index in [0.717, 1.165) is 4.31 Å². The lowest BCUT2D eigenvalue weighted by molar-refractivity contribution is -0.140. The van der Waals surface area contributed by atoms with Crippen LogP contribution in [0.1, 0.15) is 26.2 Å². The van der Waals surface area contributed by atoms with Gasteiger partial charge in [0.1, 0.15) is 0 Å². The molecule has 1 rings (SSSR count). The third kappa shape index (κ3) is 5.25. The van der Waals surface area contributed by atoms with Gasteiger partial charge in [-0.3, -0.25) is 9.59 Å². The maximum Gasteiger partial charge on any atom is 0.305 e. The van der Waals surface area contributed by atoms with Crippen LogP contribution >= 0.6 is 0 Å². The van der Waals surface area contributed by atoms with Crippen molar-refractivity contribution in [2.45, 2.75) is 31.7 Å². The van der Waals surface area contributed by atoms with E-state index in [1.54, 1.807) is 0 Å². The van der Waals surface area contributed by atoms with Crippen LogP contribution in [0.4, 0.5) is 0 Å². The van der Waals surface area contributed by atoms with Crippen LogP contribution in [0.15, 0.2) is 0 Å². The second kappa shape index (κ2) is 7.19. The summed E-state index contributed by atoms with van der Waals surface area (Å²) in [6.45, 7) is 1.92. The molecular formula is C12H22N2O6S. The Hall–Kier alpha value is -1.19. The lowest BCUT2D eigenvalue weighted by Crippen LogP contribution is -2.55. The van der Waals surface area contributed by atoms with E-state index in [4.69, 9.17) is 9.84 Å². The maximum absolute atomic E-state index is 12.0. The SMILES string of the molecule is CCS(=O)(=O)N(C)CC(=O)NC1(CC(=O)O)CCOCC1. The van der Waals surface area contributed by atoms with Gasteiger partial charge < -0.3 is 15.2 Å². The van der Waals surface area contributed by atoms with Crippen LogP contribution in [0.2, 0.25) is 0 Å². The summed E-state index contributed by atoms with van der Waals surface area (Å²) < 4.78 is 29.4. The van der Waals surface area contributed by atoms with Crippen molar-refractivity contribution in [2.24, 2.45) is 0 Å². The monoisotopic (exact) mass is 322 g/mol. The van der Waals surface area contributed by atoms with Crippen molar-refractivity contribution in [3.63, 3.8) is 0 Å². The van der Waals surface area contributed by atoms with Crippen molar-refractivity contribution in [2.75, 3.05) is 32.6 Å². The first-order valence-electron chi connectivity index (χ1n) is 6.75. The van der Waals surface area contributed by atoms with E-state index in [0.29, 0.717) is 26.1 Å². The van der Waals surface area contributed by atoms with Gasteiger partial charge >= 0.3 is 5.97 Å². The Morgan fingerprint density at radius 3 is 2.38 bits per heavy atom. The fraction of sp³-hybridized carbons (Fsp3) is 0.833. The Kier molecular flexibility index (Phi) is 6.11. The standard InChI is InChI=1S/C12H22N2O6S/c1-3-21(18,19)14(2)9-10(15)13-12(8-11(16)17)4-6-20-7-5-12/h3-9H2,1-2H3,(H,13,15)(H,16,17). The van der Waals surface area contributed by atoms with Crippen molar-refractivity contribution in [3.05, 3.63) is 0 Å². The Labute approximate surface area is 124 Å². The molecule has 1 fully saturated rings. The normalized spacial score (nSPS) is 18.4. The summed E-state index contributed by atoms with van der Waals surface area (Å²) in [5.74, 6) is -1.60. The number of nitrogens with zero attached hydrogens (tertiary/aromatic N) is 1. The average Bonchev–Trinajstić information content (AvgIpc) is 2.38. The molecule has 1 saturated heterocycles. The van der Waals surface area contributed by atoms with Crippen LogP contribution in [-0.4, -0.2) is 67.8 Å². The fourth-order valence-electron chi connectivity index (χ4n) is 2.25. The minimum atomic E-state index is -3.45. The van der Waals surface area contributed by atoms with E-state index in [1.165, 1.54) is 14.0 Å². The lowest BCUT2D eigenvalue weighted by Gasteiger charge is -2.37. The topological polar surface area (TPSA) is 113 Å². The first-order chi connectivity index (χ1) is 9.71. The molecule has 9 heteroatoms. The fourth-order valence-corrected chi connectivity index (χ4v) is 3.01. The molecule has 0 bridgehead atoms. The van der Waals surface area contributed by atoms with E-state index in [9.17, 15) is 18.0 Å². The predicted molar refractivity (Wildman–Crippen MR) is 75.3 cm³/mol. The third-order valence-corrected chi connectivity index (χ3v) is 5.36. The number of carboxylic acids is 1. The van der Waals surface area contributed by atoms with Gasteiger partial charge in [-0.2, -0.15) is 4.31 Å². The largest absolute Gasteiger partial charge is 0.481 e. The molecule has 0 aromatic carbocycles. The average molecular weight is 322 g/mol. The first kappa shape index (κ1) is 17.9. The number of amides is 1. The van der Waals surface area contributed by atoms with Gasteiger partial charge in [0.2, 0.25) is 15.9 Å². The van der Waals surface area contributed by atoms with E-state index in [2.05, 4.69) is 5.32 Å². The zero-order chi connectivity index (χ0) is 16.1. The number of aliphatic carboxylic acids is 1. The molecule has 0 aromatic heterocycles. The number of hydrogen-bond donors (Lipinski definition) is 2. The third-order valence-electron chi connectivity index (χ3n) is 3.55. The Morgan fingerprint density at radius 1 is 1.33 bits per heavy atom. The van der Waals surface area contributed by atoms with Gasteiger partial charge in [0, 0.05) is 20.3 Å². The number of hydrogen-bond acceptors (Lipinski definition) is 5. The highest BCUT2D eigenvalue weighted by Crippen LogP contribution is 2.24. The van der Waals surface area contributed by atoms with E-state index in [-0.39, 0.29) is 18.7 Å². The summed E-state index contributed by atoms with van der Waals surface area (Å²) >= 11 is 0. The zero-order valence-electron chi connectivity index (χ0n) is 12.3. The molecule has 0 atom stereocenters. The van der Waals surface area contributed by atoms with Gasteiger partial charge in [-0.1, -0.05) is 0 Å². The molecule has 0 unspecified atom stereocenters. The summed E-state index contributed by atoms with van der Waals surface area (Å²) in [7, 11) is -2.12. The second-order valence-electron chi connectivity index (χ2n) is 5.17. The van der Waals surface area contributed by atoms with Crippen molar-refractivity contribution in [1.29, 1.82) is 0 Å². The van der Waals surface area contributed by atoms with Gasteiger partial charge in [0.15, 0.2) is 0 Å². The van der Waals surface area contributed by atoms with Crippen LogP contribution in [0, 0.1) is 0 Å². The summed E-state index contributed by atoms with van der Waals surface area (Å²) in [5, 5.41) is 11.7. The molecule has 8 nitrogen and oxygen atoms in total. The van der Waals surface area contributed by atoms with Crippen LogP contribution in [0.25, 0.3) is 0 Å². The van der Waals surface area contributed by atoms with Gasteiger partial charge in [0.25, 0.3) is 0 Å². The minimum absolute atomic E-state index is 0.0924. The number of nitrogens with one attached hydrogen (secondary N) is 1. The van der Waals surface area contributed by atoms with Crippen molar-refractivity contribution in [1.82, 2.24) is 9.62 Å². The smallest absolute Gasteiger partial charge is 0.305 e. The van der Waals surface area contributed by atoms with Crippen molar-refractivity contribution in [3.8, 4) is 0 Å². The highest BCUT2D eigenvalue weighted by molar-refractivity contribution is 7.89. The second-order valence-corrected chi connectivity index (χ2v) is 7.53. The highest BCUT2D eigenvalue weighted by Gasteiger charge is 2.36. The number of carboxylic acid groups (broad SMARTS) is 1. The summed E-state index contributed by atoms with van der Waals surface area (Å²) in [5.41, 5.74) is -0.863. The van der Waals surface area contributed by atoms with E-state index in [1.807, 2.05) is 0 Å². The molecule has 0 spiro atoms. The molecule has 1 amide bonds. The lowest BCUT2D eigenvalue weighted by atomic mass is 9.86. The zero-order valence-corrected chi connectivity index (χ0v) is 13.1. The molecule has 1 aliphatic rings. The summed E-state index contributed by atoms with van der Waals surface area (Å²) in [6, 6.07) is 0. The molecular weight excluding hydrogens is 300 g/mol. The molecule has 0 aliphatic carbocycles. The predicted octanol–water partition coefficient (Wildman–Crippen LogP) is -0.592. The van der Waals surface area contributed by atoms with Crippen LogP contribution in [0.5, 0.6) is 0 Å². The van der Waals surface area contributed by atoms with E-state index < -0.39 is 27.4 Å². The number of rotatable bonds is 7. The number of carbonyl (C=O) groups excluding carboxylic acids is 1. The van der Waals surface area contributed by atoms with Gasteiger partial charge in [-0.05, 0) is 19.8 Å². The molecule has 2 N–H and O–H groups in total. The van der Waals surface area contributed by atoms with Gasteiger partial charge in [0.05, 0.1) is 24.3 Å². The molecule has 122 valence electrons. The first-order valence-corrected chi connectivity index (χ1v) is 8.36. The Balaban J connectivity index is 2.71. The summed E-state index contributed by atoms with van der Waals surface area (Å²) in [6.07, 6.45) is 0.594. The van der Waals surface area contributed by atoms with Crippen molar-refractivity contribution >= 4 is 21.9 Å². The quantitative estimate of drug-likeness (QED) is 0.647. The van der Waals surface area contributed by atoms with Crippen LogP contribution in [0.3, 0.4) is 0 Å². The van der Waals surface area contributed by atoms with Crippen LogP contribution < -0.4 is 5.32 Å². The molecule has 0 aromatic rings. The molecule has 21 heavy (non-hydrogen) atoms. The molecule has 0 radical (unpaired) electrons. The van der Waals surface area contributed by atoms with Gasteiger partial charge in [-0.15, -0.1) is 0 Å². The number of likely N-dealkylation sites (N-methyl/N-ethyl adjacent to an activating group) is 1. The molecule has 1 heterocycles. The highest BCUT2D eigenvalue weighted by atomic mass is 32.2. The number of carbonyl (C=O) groups is 2. The minimum Gasteiger partial charge on any atom is -0.481 e. The van der Waals surface area contributed by atoms with Crippen molar-refractivity contribution < 1.29 is 27.9 Å². The summed E-state index contributed by atoms with van der Waals surface area (Å²) in [4.78, 5) is 23.0. The van der Waals surface area contributed by atoms with Crippen LogP contribution in [-0.2, 0) is 24.3 Å². The molecule has 1 aliphatic heterocycles. The number of ether oxygens (including phenoxy) is 1. The Bertz CT molecular complexity index is 484. The van der Waals surface area contributed by atoms with Gasteiger partial charge in [-0.25, -0.2) is 8.42 Å². The Morgan fingerprint density at radius 2 is 1.90 bits per heavy atom.